The van der Waals surface area contributed by atoms with Gasteiger partial charge >= 0.3 is 6.18 Å². The normalized spacial score (nSPS) is 22.0. The van der Waals surface area contributed by atoms with Crippen LogP contribution in [0.2, 0.25) is 0 Å². The minimum Gasteiger partial charge on any atom is -0.396 e. The highest BCUT2D eigenvalue weighted by Crippen LogP contribution is 2.43. The van der Waals surface area contributed by atoms with Gasteiger partial charge in [0.25, 0.3) is 0 Å². The molecule has 1 aliphatic rings. The molecule has 22 heavy (non-hydrogen) atoms. The summed E-state index contributed by atoms with van der Waals surface area (Å²) in [5, 5.41) is 9.93. The van der Waals surface area contributed by atoms with Crippen molar-refractivity contribution in [2.75, 3.05) is 13.2 Å². The van der Waals surface area contributed by atoms with Gasteiger partial charge in [-0.3, -0.25) is 0 Å². The standard InChI is InChI=1S/C16H18F3NO2/c1-2-15(7-8-21)14-11(6-9-22-15)10-4-3-5-12(13(10)20-14)16(17,18)19/h3-5,20-21H,2,6-9H2,1H3. The molecule has 2 N–H and O–H groups in total. The smallest absolute Gasteiger partial charge is 0.396 e. The topological polar surface area (TPSA) is 45.2 Å². The van der Waals surface area contributed by atoms with Crippen molar-refractivity contribution in [3.8, 4) is 0 Å². The fourth-order valence-corrected chi connectivity index (χ4v) is 3.41. The molecule has 0 saturated heterocycles. The summed E-state index contributed by atoms with van der Waals surface area (Å²) in [6, 6.07) is 4.24. The van der Waals surface area contributed by atoms with Gasteiger partial charge < -0.3 is 14.8 Å². The van der Waals surface area contributed by atoms with E-state index < -0.39 is 17.3 Å². The van der Waals surface area contributed by atoms with Gasteiger partial charge in [-0.2, -0.15) is 13.2 Å². The Bertz CT molecular complexity index is 692. The van der Waals surface area contributed by atoms with E-state index in [1.165, 1.54) is 6.07 Å². The molecule has 0 spiro atoms. The second kappa shape index (κ2) is 5.28. The molecule has 0 aliphatic carbocycles. The molecular weight excluding hydrogens is 295 g/mol. The molecule has 1 unspecified atom stereocenters. The average Bonchev–Trinajstić information content (AvgIpc) is 2.86. The number of aliphatic hydroxyl groups excluding tert-OH is 1. The zero-order valence-corrected chi connectivity index (χ0v) is 12.3. The molecule has 1 aromatic heterocycles. The van der Waals surface area contributed by atoms with Gasteiger partial charge in [0.05, 0.1) is 23.4 Å². The first kappa shape index (κ1) is 15.4. The van der Waals surface area contributed by atoms with Crippen molar-refractivity contribution in [3.05, 3.63) is 35.0 Å². The van der Waals surface area contributed by atoms with E-state index in [0.29, 0.717) is 36.9 Å². The number of benzene rings is 1. The summed E-state index contributed by atoms with van der Waals surface area (Å²) in [5.41, 5.74) is 0.281. The molecule has 0 bridgehead atoms. The maximum absolute atomic E-state index is 13.2. The summed E-state index contributed by atoms with van der Waals surface area (Å²) in [5.74, 6) is 0. The van der Waals surface area contributed by atoms with Gasteiger partial charge in [-0.25, -0.2) is 0 Å². The van der Waals surface area contributed by atoms with Crippen molar-refractivity contribution in [2.45, 2.75) is 38.0 Å². The number of ether oxygens (including phenoxy) is 1. The highest BCUT2D eigenvalue weighted by molar-refractivity contribution is 5.88. The third-order valence-corrected chi connectivity index (χ3v) is 4.52. The van der Waals surface area contributed by atoms with Gasteiger partial charge in [-0.1, -0.05) is 19.1 Å². The van der Waals surface area contributed by atoms with E-state index in [4.69, 9.17) is 4.74 Å². The number of hydrogen-bond acceptors (Lipinski definition) is 2. The number of para-hydroxylation sites is 1. The lowest BCUT2D eigenvalue weighted by Gasteiger charge is -2.36. The van der Waals surface area contributed by atoms with Gasteiger partial charge in [0.2, 0.25) is 0 Å². The first-order valence-electron chi connectivity index (χ1n) is 7.39. The quantitative estimate of drug-likeness (QED) is 0.906. The molecule has 2 heterocycles. The fraction of sp³-hybridized carbons (Fsp3) is 0.500. The van der Waals surface area contributed by atoms with E-state index >= 15 is 0 Å². The number of fused-ring (bicyclic) bond motifs is 3. The van der Waals surface area contributed by atoms with Crippen molar-refractivity contribution in [3.63, 3.8) is 0 Å². The predicted molar refractivity (Wildman–Crippen MR) is 76.6 cm³/mol. The van der Waals surface area contributed by atoms with E-state index in [-0.39, 0.29) is 12.1 Å². The molecule has 1 aromatic carbocycles. The molecule has 1 aliphatic heterocycles. The molecule has 3 rings (SSSR count). The monoisotopic (exact) mass is 313 g/mol. The summed E-state index contributed by atoms with van der Waals surface area (Å²) in [6.45, 7) is 2.29. The number of H-pyrrole nitrogens is 1. The van der Waals surface area contributed by atoms with Gasteiger partial charge in [-0.15, -0.1) is 0 Å². The van der Waals surface area contributed by atoms with Crippen LogP contribution in [0.1, 0.15) is 36.6 Å². The van der Waals surface area contributed by atoms with Crippen molar-refractivity contribution < 1.29 is 23.0 Å². The van der Waals surface area contributed by atoms with Gasteiger partial charge in [0.15, 0.2) is 0 Å². The maximum atomic E-state index is 13.2. The first-order valence-corrected chi connectivity index (χ1v) is 7.39. The van der Waals surface area contributed by atoms with Crippen LogP contribution in [0.25, 0.3) is 10.9 Å². The van der Waals surface area contributed by atoms with Gasteiger partial charge in [0, 0.05) is 18.4 Å². The first-order chi connectivity index (χ1) is 10.4. The average molecular weight is 313 g/mol. The number of rotatable bonds is 3. The fourth-order valence-electron chi connectivity index (χ4n) is 3.41. The Morgan fingerprint density at radius 2 is 2.14 bits per heavy atom. The van der Waals surface area contributed by atoms with Gasteiger partial charge in [0.1, 0.15) is 5.60 Å². The SMILES string of the molecule is CCC1(CCO)OCCc2c1[nH]c1c(C(F)(F)F)cccc21. The van der Waals surface area contributed by atoms with E-state index in [1.807, 2.05) is 6.92 Å². The Morgan fingerprint density at radius 3 is 2.77 bits per heavy atom. The third kappa shape index (κ3) is 2.21. The largest absolute Gasteiger partial charge is 0.418 e. The second-order valence-electron chi connectivity index (χ2n) is 5.62. The van der Waals surface area contributed by atoms with Crippen LogP contribution in [0, 0.1) is 0 Å². The Morgan fingerprint density at radius 1 is 1.36 bits per heavy atom. The lowest BCUT2D eigenvalue weighted by atomic mass is 9.86. The molecule has 6 heteroatoms. The van der Waals surface area contributed by atoms with Crippen LogP contribution in [-0.2, 0) is 22.9 Å². The molecule has 2 aromatic rings. The van der Waals surface area contributed by atoms with Crippen molar-refractivity contribution >= 4 is 10.9 Å². The maximum Gasteiger partial charge on any atom is 0.418 e. The molecule has 0 amide bonds. The minimum atomic E-state index is -4.40. The summed E-state index contributed by atoms with van der Waals surface area (Å²) in [6.07, 6.45) is -2.87. The van der Waals surface area contributed by atoms with Crippen LogP contribution in [0.3, 0.4) is 0 Å². The Kier molecular flexibility index (Phi) is 3.69. The number of aromatic nitrogens is 1. The number of nitrogens with one attached hydrogen (secondary N) is 1. The van der Waals surface area contributed by atoms with E-state index in [0.717, 1.165) is 11.6 Å². The Balaban J connectivity index is 2.27. The lowest BCUT2D eigenvalue weighted by Crippen LogP contribution is -2.36. The molecular formula is C16H18F3NO2. The molecule has 1 atom stereocenters. The van der Waals surface area contributed by atoms with Crippen LogP contribution in [0.15, 0.2) is 18.2 Å². The van der Waals surface area contributed by atoms with E-state index in [1.54, 1.807) is 6.07 Å². The summed E-state index contributed by atoms with van der Waals surface area (Å²) < 4.78 is 45.5. The van der Waals surface area contributed by atoms with Crippen LogP contribution in [-0.4, -0.2) is 23.3 Å². The van der Waals surface area contributed by atoms with Crippen LogP contribution in [0.4, 0.5) is 13.2 Å². The third-order valence-electron chi connectivity index (χ3n) is 4.52. The summed E-state index contributed by atoms with van der Waals surface area (Å²) in [7, 11) is 0. The number of aliphatic hydroxyl groups is 1. The number of alkyl halides is 3. The van der Waals surface area contributed by atoms with Crippen molar-refractivity contribution in [1.82, 2.24) is 4.98 Å². The molecule has 0 radical (unpaired) electrons. The zero-order valence-electron chi connectivity index (χ0n) is 12.3. The second-order valence-corrected chi connectivity index (χ2v) is 5.62. The predicted octanol–water partition coefficient (Wildman–Crippen LogP) is 3.75. The van der Waals surface area contributed by atoms with Crippen molar-refractivity contribution in [2.24, 2.45) is 0 Å². The molecule has 0 saturated carbocycles. The lowest BCUT2D eigenvalue weighted by molar-refractivity contribution is -0.136. The molecule has 0 fully saturated rings. The molecule has 3 nitrogen and oxygen atoms in total. The number of hydrogen-bond donors (Lipinski definition) is 2. The summed E-state index contributed by atoms with van der Waals surface area (Å²) >= 11 is 0. The Labute approximate surface area is 126 Å². The summed E-state index contributed by atoms with van der Waals surface area (Å²) in [4.78, 5) is 2.96. The highest BCUT2D eigenvalue weighted by Gasteiger charge is 2.40. The van der Waals surface area contributed by atoms with Crippen LogP contribution >= 0.6 is 0 Å². The van der Waals surface area contributed by atoms with E-state index in [2.05, 4.69) is 4.98 Å². The molecule has 120 valence electrons. The number of halogens is 3. The van der Waals surface area contributed by atoms with Gasteiger partial charge in [-0.05, 0) is 24.5 Å². The Hall–Kier alpha value is -1.53. The minimum absolute atomic E-state index is 0.0746. The van der Waals surface area contributed by atoms with Crippen LogP contribution in [0.5, 0.6) is 0 Å². The van der Waals surface area contributed by atoms with Crippen LogP contribution < -0.4 is 0 Å². The zero-order chi connectivity index (χ0) is 16.0. The van der Waals surface area contributed by atoms with E-state index in [9.17, 15) is 18.3 Å². The van der Waals surface area contributed by atoms with Crippen molar-refractivity contribution in [1.29, 1.82) is 0 Å². The highest BCUT2D eigenvalue weighted by atomic mass is 19.4. The number of aromatic amines is 1.